The van der Waals surface area contributed by atoms with E-state index in [1.165, 1.54) is 19.1 Å². The van der Waals surface area contributed by atoms with Crippen LogP contribution in [0.2, 0.25) is 0 Å². The summed E-state index contributed by atoms with van der Waals surface area (Å²) < 4.78 is 39.3. The molecule has 0 aliphatic heterocycles. The van der Waals surface area contributed by atoms with Crippen LogP contribution in [0.4, 0.5) is 23.7 Å². The summed E-state index contributed by atoms with van der Waals surface area (Å²) in [6.07, 6.45) is 0.0507. The van der Waals surface area contributed by atoms with Crippen LogP contribution in [0.15, 0.2) is 41.5 Å². The number of alkyl halides is 3. The SMILES string of the molecule is CC1=CC(C)C(NC(=O)Nc2ccc(O)c(C3(C)CC3)c2)C=C1C(F)(F)F. The summed E-state index contributed by atoms with van der Waals surface area (Å²) in [7, 11) is 0. The fourth-order valence-electron chi connectivity index (χ4n) is 3.41. The number of carbonyl (C=O) groups excluding carboxylic acids is 1. The van der Waals surface area contributed by atoms with E-state index in [0.29, 0.717) is 5.69 Å². The van der Waals surface area contributed by atoms with Crippen molar-refractivity contribution in [1.29, 1.82) is 0 Å². The molecule has 0 saturated heterocycles. The van der Waals surface area contributed by atoms with Crippen LogP contribution in [-0.4, -0.2) is 23.4 Å². The van der Waals surface area contributed by atoms with Gasteiger partial charge in [-0.2, -0.15) is 13.2 Å². The van der Waals surface area contributed by atoms with Crippen molar-refractivity contribution >= 4 is 11.7 Å². The largest absolute Gasteiger partial charge is 0.508 e. The van der Waals surface area contributed by atoms with Crippen LogP contribution in [-0.2, 0) is 5.41 Å². The quantitative estimate of drug-likeness (QED) is 0.645. The number of hydrogen-bond donors (Lipinski definition) is 3. The number of allylic oxidation sites excluding steroid dienone is 2. The predicted molar refractivity (Wildman–Crippen MR) is 97.7 cm³/mol. The number of benzene rings is 1. The lowest BCUT2D eigenvalue weighted by Crippen LogP contribution is -2.42. The first kappa shape index (κ1) is 19.3. The van der Waals surface area contributed by atoms with Crippen molar-refractivity contribution in [3.8, 4) is 5.75 Å². The molecule has 2 unspecified atom stereocenters. The Bertz CT molecular complexity index is 823. The van der Waals surface area contributed by atoms with E-state index in [-0.39, 0.29) is 22.7 Å². The van der Waals surface area contributed by atoms with Crippen LogP contribution in [0.1, 0.15) is 39.2 Å². The van der Waals surface area contributed by atoms with Crippen molar-refractivity contribution in [2.24, 2.45) is 5.92 Å². The van der Waals surface area contributed by atoms with Crippen LogP contribution in [0.3, 0.4) is 0 Å². The molecule has 0 heterocycles. The zero-order valence-corrected chi connectivity index (χ0v) is 15.4. The van der Waals surface area contributed by atoms with Gasteiger partial charge in [-0.25, -0.2) is 4.79 Å². The molecule has 0 aromatic heterocycles. The van der Waals surface area contributed by atoms with E-state index in [9.17, 15) is 23.1 Å². The second-order valence-electron chi connectivity index (χ2n) is 7.70. The van der Waals surface area contributed by atoms with E-state index in [1.54, 1.807) is 19.1 Å². The van der Waals surface area contributed by atoms with E-state index in [2.05, 4.69) is 10.6 Å². The third kappa shape index (κ3) is 4.12. The van der Waals surface area contributed by atoms with E-state index >= 15 is 0 Å². The smallest absolute Gasteiger partial charge is 0.416 e. The monoisotopic (exact) mass is 380 g/mol. The Labute approximate surface area is 156 Å². The number of urea groups is 1. The molecule has 3 N–H and O–H groups in total. The van der Waals surface area contributed by atoms with Crippen molar-refractivity contribution in [2.75, 3.05) is 5.32 Å². The van der Waals surface area contributed by atoms with E-state index in [1.807, 2.05) is 6.92 Å². The molecule has 1 saturated carbocycles. The number of phenolic OH excluding ortho intramolecular Hbond substituents is 1. The van der Waals surface area contributed by atoms with E-state index in [4.69, 9.17) is 0 Å². The summed E-state index contributed by atoms with van der Waals surface area (Å²) in [6, 6.07) is 3.45. The number of rotatable bonds is 3. The lowest BCUT2D eigenvalue weighted by atomic mass is 9.88. The minimum Gasteiger partial charge on any atom is -0.508 e. The molecule has 1 aromatic rings. The molecule has 2 aliphatic carbocycles. The van der Waals surface area contributed by atoms with Gasteiger partial charge in [0.15, 0.2) is 0 Å². The topological polar surface area (TPSA) is 61.4 Å². The Hall–Kier alpha value is -2.44. The minimum atomic E-state index is -4.46. The molecule has 2 aliphatic rings. The zero-order chi connectivity index (χ0) is 20.0. The highest BCUT2D eigenvalue weighted by molar-refractivity contribution is 5.90. The van der Waals surface area contributed by atoms with Crippen molar-refractivity contribution in [3.05, 3.63) is 47.1 Å². The van der Waals surface area contributed by atoms with Crippen LogP contribution in [0.5, 0.6) is 5.75 Å². The molecule has 0 spiro atoms. The van der Waals surface area contributed by atoms with Crippen molar-refractivity contribution in [1.82, 2.24) is 5.32 Å². The van der Waals surface area contributed by atoms with Crippen LogP contribution in [0.25, 0.3) is 0 Å². The number of anilines is 1. The van der Waals surface area contributed by atoms with E-state index in [0.717, 1.165) is 24.5 Å². The lowest BCUT2D eigenvalue weighted by molar-refractivity contribution is -0.0900. The Morgan fingerprint density at radius 3 is 2.52 bits per heavy atom. The number of amides is 2. The number of nitrogens with one attached hydrogen (secondary N) is 2. The molecule has 1 fully saturated rings. The highest BCUT2D eigenvalue weighted by atomic mass is 19.4. The standard InChI is InChI=1S/C20H23F3N2O2/c1-11-8-12(2)16(10-14(11)20(21,22)23)25-18(27)24-13-4-5-17(26)15(9-13)19(3)6-7-19/h4-5,8-10,12,16,26H,6-7H2,1-3H3,(H2,24,25,27). The van der Waals surface area contributed by atoms with Gasteiger partial charge in [-0.05, 0) is 60.9 Å². The number of hydrogen-bond acceptors (Lipinski definition) is 2. The summed E-state index contributed by atoms with van der Waals surface area (Å²) in [6.45, 7) is 5.21. The molecule has 2 atom stereocenters. The molecule has 27 heavy (non-hydrogen) atoms. The Balaban J connectivity index is 1.72. The summed E-state index contributed by atoms with van der Waals surface area (Å²) in [5.41, 5.74) is 0.615. The summed E-state index contributed by atoms with van der Waals surface area (Å²) >= 11 is 0. The van der Waals surface area contributed by atoms with Crippen LogP contribution < -0.4 is 10.6 Å². The lowest BCUT2D eigenvalue weighted by Gasteiger charge is -2.27. The van der Waals surface area contributed by atoms with Gasteiger partial charge in [0.25, 0.3) is 0 Å². The third-order valence-electron chi connectivity index (χ3n) is 5.36. The Morgan fingerprint density at radius 1 is 1.26 bits per heavy atom. The fraction of sp³-hybridized carbons (Fsp3) is 0.450. The molecule has 146 valence electrons. The van der Waals surface area contributed by atoms with Gasteiger partial charge in [0.2, 0.25) is 0 Å². The van der Waals surface area contributed by atoms with Crippen LogP contribution in [0, 0.1) is 5.92 Å². The van der Waals surface area contributed by atoms with Gasteiger partial charge in [0.1, 0.15) is 5.75 Å². The number of phenols is 1. The molecule has 2 amide bonds. The number of halogens is 3. The molecule has 7 heteroatoms. The van der Waals surface area contributed by atoms with Gasteiger partial charge in [-0.3, -0.25) is 0 Å². The van der Waals surface area contributed by atoms with Gasteiger partial charge in [0, 0.05) is 11.3 Å². The van der Waals surface area contributed by atoms with Gasteiger partial charge in [0.05, 0.1) is 11.6 Å². The number of aromatic hydroxyl groups is 1. The first-order chi connectivity index (χ1) is 12.5. The van der Waals surface area contributed by atoms with Crippen LogP contribution >= 0.6 is 0 Å². The summed E-state index contributed by atoms with van der Waals surface area (Å²) in [5, 5.41) is 15.3. The zero-order valence-electron chi connectivity index (χ0n) is 15.4. The van der Waals surface area contributed by atoms with Crippen molar-refractivity contribution < 1.29 is 23.1 Å². The molecule has 1 aromatic carbocycles. The summed E-state index contributed by atoms with van der Waals surface area (Å²) in [5.74, 6) is -0.0807. The maximum absolute atomic E-state index is 13.1. The normalized spacial score (nSPS) is 23.9. The summed E-state index contributed by atoms with van der Waals surface area (Å²) in [4.78, 5) is 12.3. The fourth-order valence-corrected chi connectivity index (χ4v) is 3.41. The second-order valence-corrected chi connectivity index (χ2v) is 7.70. The highest BCUT2D eigenvalue weighted by Gasteiger charge is 2.41. The van der Waals surface area contributed by atoms with Gasteiger partial charge in [-0.15, -0.1) is 0 Å². The molecular weight excluding hydrogens is 357 g/mol. The Kier molecular flexibility index (Phi) is 4.74. The first-order valence-electron chi connectivity index (χ1n) is 8.88. The minimum absolute atomic E-state index is 0.0806. The highest BCUT2D eigenvalue weighted by Crippen LogP contribution is 2.51. The average Bonchev–Trinajstić information content (AvgIpc) is 3.29. The van der Waals surface area contributed by atoms with Gasteiger partial charge >= 0.3 is 12.2 Å². The van der Waals surface area contributed by atoms with Gasteiger partial charge in [-0.1, -0.05) is 19.9 Å². The first-order valence-corrected chi connectivity index (χ1v) is 8.88. The maximum atomic E-state index is 13.1. The molecule has 0 bridgehead atoms. The predicted octanol–water partition coefficient (Wildman–Crippen LogP) is 5.02. The second kappa shape index (κ2) is 6.62. The van der Waals surface area contributed by atoms with Crippen molar-refractivity contribution in [2.45, 2.75) is 51.2 Å². The Morgan fingerprint density at radius 2 is 1.93 bits per heavy atom. The van der Waals surface area contributed by atoms with Crippen molar-refractivity contribution in [3.63, 3.8) is 0 Å². The van der Waals surface area contributed by atoms with Gasteiger partial charge < -0.3 is 15.7 Å². The number of carbonyl (C=O) groups is 1. The molecule has 4 nitrogen and oxygen atoms in total. The maximum Gasteiger partial charge on any atom is 0.416 e. The molecular formula is C20H23F3N2O2. The average molecular weight is 380 g/mol. The molecule has 0 radical (unpaired) electrons. The third-order valence-corrected chi connectivity index (χ3v) is 5.36. The molecule has 3 rings (SSSR count). The van der Waals surface area contributed by atoms with E-state index < -0.39 is 23.8 Å².